The molecule has 7 nitrogen and oxygen atoms in total. The van der Waals surface area contributed by atoms with E-state index in [1.165, 1.54) is 0 Å². The summed E-state index contributed by atoms with van der Waals surface area (Å²) >= 11 is 0.840. The van der Waals surface area contributed by atoms with E-state index in [4.69, 9.17) is 4.74 Å². The summed E-state index contributed by atoms with van der Waals surface area (Å²) in [5.74, 6) is -3.73. The highest BCUT2D eigenvalue weighted by Crippen LogP contribution is 2.40. The molecule has 0 aliphatic rings. The monoisotopic (exact) mass is 472 g/mol. The Morgan fingerprint density at radius 1 is 1.06 bits per heavy atom. The average Bonchev–Trinajstić information content (AvgIpc) is 3.06. The van der Waals surface area contributed by atoms with Crippen LogP contribution in [0.15, 0.2) is 30.3 Å². The first kappa shape index (κ1) is 25.2. The Bertz CT molecular complexity index is 991. The maximum absolute atomic E-state index is 14.3. The second kappa shape index (κ2) is 10.0. The van der Waals surface area contributed by atoms with Crippen LogP contribution < -0.4 is 10.6 Å². The molecule has 0 radical (unpaired) electrons. The van der Waals surface area contributed by atoms with Crippen LogP contribution in [0.2, 0.25) is 0 Å². The van der Waals surface area contributed by atoms with E-state index >= 15 is 0 Å². The second-order valence-corrected chi connectivity index (χ2v) is 7.99. The molecule has 1 heterocycles. The van der Waals surface area contributed by atoms with Crippen molar-refractivity contribution in [1.29, 1.82) is 0 Å². The number of benzene rings is 1. The third kappa shape index (κ3) is 5.04. The zero-order valence-electron chi connectivity index (χ0n) is 17.9. The van der Waals surface area contributed by atoms with E-state index in [0.717, 1.165) is 25.6 Å². The summed E-state index contributed by atoms with van der Waals surface area (Å²) in [6, 6.07) is 8.07. The molecule has 1 aromatic heterocycles. The van der Waals surface area contributed by atoms with Gasteiger partial charge in [-0.05, 0) is 24.5 Å². The standard InChI is InChI=1S/C21H23F3N2O5S/c1-5-14-12(2)32-17(16(14)18(28)30-3)26-20(19(29)31-4,21(22,23)24)25-15(27)11-13-9-7-6-8-10-13/h6-10,26H,5,11H2,1-4H3,(H,25,27)/t20-/m0/s1. The molecule has 2 rings (SSSR count). The predicted octanol–water partition coefficient (Wildman–Crippen LogP) is 3.61. The average molecular weight is 472 g/mol. The van der Waals surface area contributed by atoms with Crippen LogP contribution in [0.25, 0.3) is 0 Å². The molecular weight excluding hydrogens is 449 g/mol. The third-order valence-electron chi connectivity index (χ3n) is 4.70. The molecule has 11 heteroatoms. The lowest BCUT2D eigenvalue weighted by molar-refractivity contribution is -0.206. The summed E-state index contributed by atoms with van der Waals surface area (Å²) in [4.78, 5) is 37.9. The largest absolute Gasteiger partial charge is 0.466 e. The Balaban J connectivity index is 2.57. The molecule has 1 aromatic carbocycles. The quantitative estimate of drug-likeness (QED) is 0.450. The molecule has 0 fully saturated rings. The number of thiophene rings is 1. The fourth-order valence-electron chi connectivity index (χ4n) is 3.16. The van der Waals surface area contributed by atoms with Gasteiger partial charge in [-0.15, -0.1) is 11.3 Å². The van der Waals surface area contributed by atoms with Crippen molar-refractivity contribution >= 4 is 34.2 Å². The van der Waals surface area contributed by atoms with Gasteiger partial charge in [-0.2, -0.15) is 13.2 Å². The molecule has 174 valence electrons. The number of ether oxygens (including phenoxy) is 2. The number of carbonyl (C=O) groups excluding carboxylic acids is 3. The molecule has 0 saturated heterocycles. The van der Waals surface area contributed by atoms with E-state index in [0.29, 0.717) is 22.4 Å². The molecule has 0 aliphatic heterocycles. The van der Waals surface area contributed by atoms with Gasteiger partial charge in [-0.25, -0.2) is 9.59 Å². The number of anilines is 1. The van der Waals surface area contributed by atoms with Crippen molar-refractivity contribution in [1.82, 2.24) is 5.32 Å². The van der Waals surface area contributed by atoms with Gasteiger partial charge in [0.1, 0.15) is 5.00 Å². The fraction of sp³-hybridized carbons (Fsp3) is 0.381. The minimum absolute atomic E-state index is 0.132. The number of amides is 1. The molecular formula is C21H23F3N2O5S. The zero-order valence-corrected chi connectivity index (χ0v) is 18.7. The van der Waals surface area contributed by atoms with E-state index in [1.807, 2.05) is 0 Å². The van der Waals surface area contributed by atoms with Crippen molar-refractivity contribution in [3.63, 3.8) is 0 Å². The topological polar surface area (TPSA) is 93.7 Å². The van der Waals surface area contributed by atoms with Crippen molar-refractivity contribution in [3.05, 3.63) is 51.9 Å². The van der Waals surface area contributed by atoms with E-state index in [2.05, 4.69) is 10.1 Å². The number of hydrogen-bond acceptors (Lipinski definition) is 7. The number of methoxy groups -OCH3 is 2. The molecule has 1 atom stereocenters. The van der Waals surface area contributed by atoms with E-state index in [-0.39, 0.29) is 10.6 Å². The first-order valence-corrected chi connectivity index (χ1v) is 10.3. The molecule has 1 amide bonds. The molecule has 0 saturated carbocycles. The highest BCUT2D eigenvalue weighted by Gasteiger charge is 2.64. The van der Waals surface area contributed by atoms with Crippen LogP contribution >= 0.6 is 11.3 Å². The van der Waals surface area contributed by atoms with Crippen LogP contribution in [0.5, 0.6) is 0 Å². The highest BCUT2D eigenvalue weighted by atomic mass is 32.1. The SMILES string of the molecule is CCc1c(C)sc(N[C@@](NC(=O)Cc2ccccc2)(C(=O)OC)C(F)(F)F)c1C(=O)OC. The third-order valence-corrected chi connectivity index (χ3v) is 5.77. The van der Waals surface area contributed by atoms with Gasteiger partial charge in [0, 0.05) is 4.88 Å². The number of esters is 2. The summed E-state index contributed by atoms with van der Waals surface area (Å²) in [6.45, 7) is 3.35. The lowest BCUT2D eigenvalue weighted by Gasteiger charge is -2.34. The lowest BCUT2D eigenvalue weighted by atomic mass is 10.1. The van der Waals surface area contributed by atoms with Crippen LogP contribution in [-0.2, 0) is 31.9 Å². The number of halogens is 3. The van der Waals surface area contributed by atoms with Gasteiger partial charge in [-0.3, -0.25) is 4.79 Å². The van der Waals surface area contributed by atoms with Crippen molar-refractivity contribution in [2.45, 2.75) is 38.5 Å². The Kier molecular flexibility index (Phi) is 7.89. The van der Waals surface area contributed by atoms with Gasteiger partial charge in [0.2, 0.25) is 5.91 Å². The highest BCUT2D eigenvalue weighted by molar-refractivity contribution is 7.16. The molecule has 0 unspecified atom stereocenters. The van der Waals surface area contributed by atoms with E-state index < -0.39 is 36.1 Å². The molecule has 2 N–H and O–H groups in total. The Morgan fingerprint density at radius 2 is 1.69 bits per heavy atom. The Hall–Kier alpha value is -3.08. The van der Waals surface area contributed by atoms with Crippen LogP contribution in [-0.4, -0.2) is 43.9 Å². The van der Waals surface area contributed by atoms with Crippen LogP contribution in [0.1, 0.15) is 33.3 Å². The zero-order chi connectivity index (χ0) is 24.1. The maximum atomic E-state index is 14.3. The van der Waals surface area contributed by atoms with Crippen LogP contribution in [0.3, 0.4) is 0 Å². The van der Waals surface area contributed by atoms with Gasteiger partial charge in [-0.1, -0.05) is 37.3 Å². The summed E-state index contributed by atoms with van der Waals surface area (Å²) in [5, 5.41) is 3.55. The first-order chi connectivity index (χ1) is 15.0. The summed E-state index contributed by atoms with van der Waals surface area (Å²) in [6.07, 6.45) is -5.39. The Labute approximate surface area is 186 Å². The van der Waals surface area contributed by atoms with Gasteiger partial charge >= 0.3 is 23.8 Å². The molecule has 32 heavy (non-hydrogen) atoms. The van der Waals surface area contributed by atoms with Crippen LogP contribution in [0, 0.1) is 6.92 Å². The maximum Gasteiger partial charge on any atom is 0.441 e. The van der Waals surface area contributed by atoms with Crippen LogP contribution in [0.4, 0.5) is 18.2 Å². The molecule has 0 aliphatic carbocycles. The smallest absolute Gasteiger partial charge is 0.441 e. The van der Waals surface area contributed by atoms with E-state index in [9.17, 15) is 27.6 Å². The van der Waals surface area contributed by atoms with Gasteiger partial charge in [0.05, 0.1) is 26.2 Å². The van der Waals surface area contributed by atoms with Crippen molar-refractivity contribution < 1.29 is 37.0 Å². The second-order valence-electron chi connectivity index (χ2n) is 6.76. The van der Waals surface area contributed by atoms with Gasteiger partial charge in [0.25, 0.3) is 0 Å². The number of nitrogens with one attached hydrogen (secondary N) is 2. The first-order valence-electron chi connectivity index (χ1n) is 9.49. The lowest BCUT2D eigenvalue weighted by Crippen LogP contribution is -2.69. The molecule has 2 aromatic rings. The normalized spacial score (nSPS) is 13.1. The fourth-order valence-corrected chi connectivity index (χ4v) is 4.35. The Morgan fingerprint density at radius 3 is 2.19 bits per heavy atom. The summed E-state index contributed by atoms with van der Waals surface area (Å²) < 4.78 is 52.1. The predicted molar refractivity (Wildman–Crippen MR) is 112 cm³/mol. The summed E-state index contributed by atoms with van der Waals surface area (Å²) in [5.41, 5.74) is -2.84. The number of aryl methyl sites for hydroxylation is 1. The number of hydrogen-bond donors (Lipinski definition) is 2. The van der Waals surface area contributed by atoms with Gasteiger partial charge < -0.3 is 20.1 Å². The van der Waals surface area contributed by atoms with Crippen molar-refractivity contribution in [2.24, 2.45) is 0 Å². The number of alkyl halides is 3. The molecule has 0 bridgehead atoms. The minimum Gasteiger partial charge on any atom is -0.466 e. The van der Waals surface area contributed by atoms with Crippen molar-refractivity contribution in [2.75, 3.05) is 19.5 Å². The number of rotatable bonds is 8. The minimum atomic E-state index is -5.32. The van der Waals surface area contributed by atoms with Crippen molar-refractivity contribution in [3.8, 4) is 0 Å². The van der Waals surface area contributed by atoms with Gasteiger partial charge in [0.15, 0.2) is 0 Å². The summed E-state index contributed by atoms with van der Waals surface area (Å²) in [7, 11) is 1.86. The van der Waals surface area contributed by atoms with E-state index in [1.54, 1.807) is 49.5 Å². The number of carbonyl (C=O) groups is 3. The molecule has 0 spiro atoms.